The van der Waals surface area contributed by atoms with Crippen LogP contribution in [0.1, 0.15) is 11.1 Å². The normalized spacial score (nSPS) is 10.7. The van der Waals surface area contributed by atoms with Gasteiger partial charge in [-0.2, -0.15) is 0 Å². The summed E-state index contributed by atoms with van der Waals surface area (Å²) in [5.74, 6) is -0.810. The molecule has 0 bridgehead atoms. The van der Waals surface area contributed by atoms with Crippen molar-refractivity contribution in [3.05, 3.63) is 35.4 Å². The number of nitrogens with zero attached hydrogens (tertiary/aromatic N) is 1. The summed E-state index contributed by atoms with van der Waals surface area (Å²) in [5.41, 5.74) is 2.20. The van der Waals surface area contributed by atoms with Crippen LogP contribution in [0.5, 0.6) is 0 Å². The molecule has 0 saturated heterocycles. The number of carboxylic acid groups (broad SMARTS) is 1. The van der Waals surface area contributed by atoms with Gasteiger partial charge in [0, 0.05) is 13.7 Å². The SMILES string of the molecule is COCc1cccc(CN(C)CC(=O)O)c1. The summed E-state index contributed by atoms with van der Waals surface area (Å²) in [5, 5.41) is 8.64. The van der Waals surface area contributed by atoms with Crippen molar-refractivity contribution in [1.82, 2.24) is 4.90 Å². The van der Waals surface area contributed by atoms with Gasteiger partial charge in [0.25, 0.3) is 0 Å². The minimum atomic E-state index is -0.810. The van der Waals surface area contributed by atoms with Crippen molar-refractivity contribution in [2.75, 3.05) is 20.7 Å². The molecule has 88 valence electrons. The Balaban J connectivity index is 2.59. The first-order chi connectivity index (χ1) is 7.61. The number of hydrogen-bond donors (Lipinski definition) is 1. The Kier molecular flexibility index (Phi) is 4.95. The fraction of sp³-hybridized carbons (Fsp3) is 0.417. The van der Waals surface area contributed by atoms with E-state index in [-0.39, 0.29) is 6.54 Å². The summed E-state index contributed by atoms with van der Waals surface area (Å²) >= 11 is 0. The van der Waals surface area contributed by atoms with Gasteiger partial charge in [0.15, 0.2) is 0 Å². The summed E-state index contributed by atoms with van der Waals surface area (Å²) in [6.45, 7) is 1.26. The molecule has 0 aliphatic rings. The molecule has 1 rings (SSSR count). The highest BCUT2D eigenvalue weighted by molar-refractivity contribution is 5.69. The Morgan fingerprint density at radius 3 is 2.75 bits per heavy atom. The molecule has 1 aromatic carbocycles. The quantitative estimate of drug-likeness (QED) is 0.791. The Labute approximate surface area is 95.5 Å². The molecule has 16 heavy (non-hydrogen) atoms. The second-order valence-electron chi connectivity index (χ2n) is 3.82. The van der Waals surface area contributed by atoms with E-state index in [2.05, 4.69) is 0 Å². The maximum atomic E-state index is 10.5. The second-order valence-corrected chi connectivity index (χ2v) is 3.82. The monoisotopic (exact) mass is 223 g/mol. The van der Waals surface area contributed by atoms with Gasteiger partial charge in [-0.05, 0) is 18.2 Å². The molecule has 4 nitrogen and oxygen atoms in total. The zero-order valence-corrected chi connectivity index (χ0v) is 9.64. The zero-order valence-electron chi connectivity index (χ0n) is 9.64. The minimum Gasteiger partial charge on any atom is -0.480 e. The van der Waals surface area contributed by atoms with E-state index >= 15 is 0 Å². The van der Waals surface area contributed by atoms with Crippen molar-refractivity contribution >= 4 is 5.97 Å². The van der Waals surface area contributed by atoms with Crippen LogP contribution < -0.4 is 0 Å². The third-order valence-electron chi connectivity index (χ3n) is 2.16. The van der Waals surface area contributed by atoms with Crippen molar-refractivity contribution in [2.45, 2.75) is 13.2 Å². The van der Waals surface area contributed by atoms with Gasteiger partial charge in [0.05, 0.1) is 13.2 Å². The summed E-state index contributed by atoms with van der Waals surface area (Å²) in [6, 6.07) is 7.96. The van der Waals surface area contributed by atoms with E-state index in [9.17, 15) is 4.79 Å². The van der Waals surface area contributed by atoms with Gasteiger partial charge in [-0.15, -0.1) is 0 Å². The fourth-order valence-corrected chi connectivity index (χ4v) is 1.58. The van der Waals surface area contributed by atoms with Crippen LogP contribution in [0.2, 0.25) is 0 Å². The van der Waals surface area contributed by atoms with Crippen LogP contribution in [-0.4, -0.2) is 36.7 Å². The molecule has 1 aromatic rings. The number of ether oxygens (including phenoxy) is 1. The molecule has 0 atom stereocenters. The Hall–Kier alpha value is -1.39. The highest BCUT2D eigenvalue weighted by Gasteiger charge is 2.05. The molecule has 0 radical (unpaired) electrons. The Morgan fingerprint density at radius 2 is 2.12 bits per heavy atom. The van der Waals surface area contributed by atoms with Gasteiger partial charge in [0.2, 0.25) is 0 Å². The summed E-state index contributed by atoms with van der Waals surface area (Å²) in [7, 11) is 3.44. The predicted octanol–water partition coefficient (Wildman–Crippen LogP) is 1.35. The third kappa shape index (κ3) is 4.42. The van der Waals surface area contributed by atoms with Crippen molar-refractivity contribution in [3.63, 3.8) is 0 Å². The Bertz CT molecular complexity index is 352. The molecule has 1 N–H and O–H groups in total. The molecule has 0 amide bonds. The van der Waals surface area contributed by atoms with Gasteiger partial charge in [-0.3, -0.25) is 9.69 Å². The lowest BCUT2D eigenvalue weighted by atomic mass is 10.1. The molecular formula is C12H17NO3. The number of carboxylic acids is 1. The fourth-order valence-electron chi connectivity index (χ4n) is 1.58. The van der Waals surface area contributed by atoms with Crippen LogP contribution in [0.4, 0.5) is 0 Å². The van der Waals surface area contributed by atoms with E-state index in [1.54, 1.807) is 19.1 Å². The number of likely N-dealkylation sites (N-methyl/N-ethyl adjacent to an activating group) is 1. The predicted molar refractivity (Wildman–Crippen MR) is 61.1 cm³/mol. The number of methoxy groups -OCH3 is 1. The van der Waals surface area contributed by atoms with Crippen LogP contribution in [0.15, 0.2) is 24.3 Å². The molecule has 0 saturated carbocycles. The van der Waals surface area contributed by atoms with Crippen LogP contribution in [0, 0.1) is 0 Å². The minimum absolute atomic E-state index is 0.0501. The molecular weight excluding hydrogens is 206 g/mol. The first-order valence-electron chi connectivity index (χ1n) is 5.09. The van der Waals surface area contributed by atoms with E-state index in [0.717, 1.165) is 11.1 Å². The number of carbonyl (C=O) groups is 1. The molecule has 0 fully saturated rings. The first kappa shape index (κ1) is 12.7. The highest BCUT2D eigenvalue weighted by atomic mass is 16.5. The number of aliphatic carboxylic acids is 1. The standard InChI is InChI=1S/C12H17NO3/c1-13(8-12(14)15)7-10-4-3-5-11(6-10)9-16-2/h3-6H,7-9H2,1-2H3,(H,14,15). The number of rotatable bonds is 6. The molecule has 0 unspecified atom stereocenters. The van der Waals surface area contributed by atoms with E-state index in [1.165, 1.54) is 0 Å². The molecule has 0 aliphatic heterocycles. The van der Waals surface area contributed by atoms with Gasteiger partial charge >= 0.3 is 5.97 Å². The second kappa shape index (κ2) is 6.25. The summed E-state index contributed by atoms with van der Waals surface area (Å²) < 4.78 is 5.04. The van der Waals surface area contributed by atoms with Gasteiger partial charge in [-0.1, -0.05) is 24.3 Å². The molecule has 0 heterocycles. The zero-order chi connectivity index (χ0) is 12.0. The van der Waals surface area contributed by atoms with Crippen molar-refractivity contribution < 1.29 is 14.6 Å². The molecule has 0 spiro atoms. The molecule has 0 aromatic heterocycles. The van der Waals surface area contributed by atoms with Crippen molar-refractivity contribution in [3.8, 4) is 0 Å². The van der Waals surface area contributed by atoms with Crippen LogP contribution >= 0.6 is 0 Å². The number of hydrogen-bond acceptors (Lipinski definition) is 3. The van der Waals surface area contributed by atoms with E-state index in [0.29, 0.717) is 13.2 Å². The largest absolute Gasteiger partial charge is 0.480 e. The van der Waals surface area contributed by atoms with Crippen LogP contribution in [0.3, 0.4) is 0 Å². The highest BCUT2D eigenvalue weighted by Crippen LogP contribution is 2.08. The van der Waals surface area contributed by atoms with Crippen LogP contribution in [0.25, 0.3) is 0 Å². The van der Waals surface area contributed by atoms with Gasteiger partial charge in [-0.25, -0.2) is 0 Å². The molecule has 4 heteroatoms. The van der Waals surface area contributed by atoms with E-state index in [1.807, 2.05) is 24.3 Å². The van der Waals surface area contributed by atoms with Gasteiger partial charge < -0.3 is 9.84 Å². The van der Waals surface area contributed by atoms with Gasteiger partial charge in [0.1, 0.15) is 0 Å². The third-order valence-corrected chi connectivity index (χ3v) is 2.16. The topological polar surface area (TPSA) is 49.8 Å². The maximum absolute atomic E-state index is 10.5. The first-order valence-corrected chi connectivity index (χ1v) is 5.09. The lowest BCUT2D eigenvalue weighted by molar-refractivity contribution is -0.138. The lowest BCUT2D eigenvalue weighted by Gasteiger charge is -2.14. The van der Waals surface area contributed by atoms with Crippen molar-refractivity contribution in [2.24, 2.45) is 0 Å². The smallest absolute Gasteiger partial charge is 0.317 e. The average Bonchev–Trinajstić information content (AvgIpc) is 2.17. The van der Waals surface area contributed by atoms with E-state index < -0.39 is 5.97 Å². The number of benzene rings is 1. The maximum Gasteiger partial charge on any atom is 0.317 e. The van der Waals surface area contributed by atoms with Crippen molar-refractivity contribution in [1.29, 1.82) is 0 Å². The summed E-state index contributed by atoms with van der Waals surface area (Å²) in [6.07, 6.45) is 0. The molecule has 0 aliphatic carbocycles. The average molecular weight is 223 g/mol. The van der Waals surface area contributed by atoms with Crippen LogP contribution in [-0.2, 0) is 22.7 Å². The Morgan fingerprint density at radius 1 is 1.44 bits per heavy atom. The lowest BCUT2D eigenvalue weighted by Crippen LogP contribution is -2.25. The summed E-state index contributed by atoms with van der Waals surface area (Å²) in [4.78, 5) is 12.3. The van der Waals surface area contributed by atoms with E-state index in [4.69, 9.17) is 9.84 Å².